The van der Waals surface area contributed by atoms with Crippen LogP contribution < -0.4 is 0 Å². The van der Waals surface area contributed by atoms with Gasteiger partial charge in [-0.15, -0.1) is 0 Å². The number of rotatable bonds is 3. The molecule has 0 aliphatic carbocycles. The Balaban J connectivity index is 1.98. The number of ether oxygens (including phenoxy) is 1. The monoisotopic (exact) mass is 281 g/mol. The van der Waals surface area contributed by atoms with Gasteiger partial charge in [0.2, 0.25) is 0 Å². The van der Waals surface area contributed by atoms with Crippen molar-refractivity contribution < 1.29 is 9.53 Å². The molecular weight excluding hydrogens is 262 g/mol. The fourth-order valence-electron chi connectivity index (χ4n) is 2.91. The van der Waals surface area contributed by atoms with Gasteiger partial charge in [0, 0.05) is 19.2 Å². The molecule has 1 atom stereocenters. The average molecular weight is 281 g/mol. The van der Waals surface area contributed by atoms with Crippen molar-refractivity contribution in [2.75, 3.05) is 13.7 Å². The van der Waals surface area contributed by atoms with E-state index in [2.05, 4.69) is 0 Å². The van der Waals surface area contributed by atoms with Gasteiger partial charge in [-0.25, -0.2) is 0 Å². The number of methoxy groups -OCH3 is 1. The fourth-order valence-corrected chi connectivity index (χ4v) is 2.91. The molecule has 2 aromatic rings. The Kier molecular flexibility index (Phi) is 4.02. The Hall–Kier alpha value is -2.13. The van der Waals surface area contributed by atoms with Crippen LogP contribution in [0.15, 0.2) is 54.6 Å². The van der Waals surface area contributed by atoms with Gasteiger partial charge in [0.1, 0.15) is 6.23 Å². The molecule has 1 saturated heterocycles. The van der Waals surface area contributed by atoms with Gasteiger partial charge in [-0.3, -0.25) is 4.79 Å². The Morgan fingerprint density at radius 1 is 1.10 bits per heavy atom. The normalized spacial score (nSPS) is 18.0. The summed E-state index contributed by atoms with van der Waals surface area (Å²) in [5.74, 6) is 0.0544. The van der Waals surface area contributed by atoms with E-state index in [1.807, 2.05) is 59.5 Å². The van der Waals surface area contributed by atoms with Gasteiger partial charge in [0.05, 0.1) is 0 Å². The predicted molar refractivity (Wildman–Crippen MR) is 82.9 cm³/mol. The summed E-state index contributed by atoms with van der Waals surface area (Å²) in [4.78, 5) is 14.7. The van der Waals surface area contributed by atoms with Gasteiger partial charge in [0.15, 0.2) is 0 Å². The van der Waals surface area contributed by atoms with Crippen LogP contribution in [0.25, 0.3) is 11.1 Å². The molecule has 0 radical (unpaired) electrons. The van der Waals surface area contributed by atoms with Gasteiger partial charge in [-0.05, 0) is 30.0 Å². The highest BCUT2D eigenvalue weighted by Crippen LogP contribution is 2.27. The van der Waals surface area contributed by atoms with Crippen LogP contribution in [-0.2, 0) is 4.74 Å². The van der Waals surface area contributed by atoms with E-state index in [0.29, 0.717) is 0 Å². The summed E-state index contributed by atoms with van der Waals surface area (Å²) in [7, 11) is 1.67. The smallest absolute Gasteiger partial charge is 0.256 e. The predicted octanol–water partition coefficient (Wildman–Crippen LogP) is 3.56. The second-order valence-electron chi connectivity index (χ2n) is 5.24. The fraction of sp³-hybridized carbons (Fsp3) is 0.278. The summed E-state index contributed by atoms with van der Waals surface area (Å²) >= 11 is 0. The van der Waals surface area contributed by atoms with E-state index in [4.69, 9.17) is 4.74 Å². The minimum atomic E-state index is -0.0960. The molecule has 0 bridgehead atoms. The standard InChI is InChI=1S/C18H19NO2/c1-21-17-12-7-13-19(17)18(20)16-11-6-5-10-15(16)14-8-3-2-4-9-14/h2-6,8-11,17H,7,12-13H2,1H3. The van der Waals surface area contributed by atoms with Crippen LogP contribution in [-0.4, -0.2) is 30.7 Å². The van der Waals surface area contributed by atoms with Gasteiger partial charge >= 0.3 is 0 Å². The first kappa shape index (κ1) is 13.8. The Morgan fingerprint density at radius 2 is 1.81 bits per heavy atom. The maximum atomic E-state index is 12.9. The molecule has 1 aliphatic heterocycles. The van der Waals surface area contributed by atoms with Crippen LogP contribution in [0.1, 0.15) is 23.2 Å². The molecule has 108 valence electrons. The molecule has 0 spiro atoms. The molecule has 1 heterocycles. The molecule has 2 aromatic carbocycles. The number of hydrogen-bond acceptors (Lipinski definition) is 2. The minimum absolute atomic E-state index is 0.0544. The van der Waals surface area contributed by atoms with Crippen LogP contribution in [0.3, 0.4) is 0 Å². The lowest BCUT2D eigenvalue weighted by atomic mass is 9.99. The summed E-state index contributed by atoms with van der Waals surface area (Å²) in [5.41, 5.74) is 2.78. The minimum Gasteiger partial charge on any atom is -0.362 e. The first-order valence-corrected chi connectivity index (χ1v) is 7.29. The number of likely N-dealkylation sites (tertiary alicyclic amines) is 1. The number of carbonyl (C=O) groups is 1. The van der Waals surface area contributed by atoms with Crippen molar-refractivity contribution in [3.63, 3.8) is 0 Å². The van der Waals surface area contributed by atoms with Crippen LogP contribution in [0.2, 0.25) is 0 Å². The lowest BCUT2D eigenvalue weighted by Crippen LogP contribution is -2.36. The Morgan fingerprint density at radius 3 is 2.57 bits per heavy atom. The molecule has 0 N–H and O–H groups in total. The van der Waals surface area contributed by atoms with Crippen molar-refractivity contribution in [1.82, 2.24) is 4.90 Å². The van der Waals surface area contributed by atoms with Crippen molar-refractivity contribution in [2.45, 2.75) is 19.1 Å². The summed E-state index contributed by atoms with van der Waals surface area (Å²) in [6.07, 6.45) is 1.81. The molecule has 1 fully saturated rings. The third-order valence-corrected chi connectivity index (χ3v) is 3.97. The quantitative estimate of drug-likeness (QED) is 0.861. The third kappa shape index (κ3) is 2.69. The van der Waals surface area contributed by atoms with E-state index < -0.39 is 0 Å². The highest BCUT2D eigenvalue weighted by Gasteiger charge is 2.30. The molecular formula is C18H19NO2. The van der Waals surface area contributed by atoms with Gasteiger partial charge in [-0.1, -0.05) is 48.5 Å². The molecule has 3 rings (SSSR count). The maximum Gasteiger partial charge on any atom is 0.256 e. The van der Waals surface area contributed by atoms with Gasteiger partial charge in [0.25, 0.3) is 5.91 Å². The van der Waals surface area contributed by atoms with E-state index in [1.165, 1.54) is 0 Å². The highest BCUT2D eigenvalue weighted by atomic mass is 16.5. The van der Waals surface area contributed by atoms with Crippen LogP contribution in [0.4, 0.5) is 0 Å². The summed E-state index contributed by atoms with van der Waals surface area (Å²) in [6.45, 7) is 0.764. The zero-order valence-electron chi connectivity index (χ0n) is 12.2. The lowest BCUT2D eigenvalue weighted by molar-refractivity contribution is 0.00171. The van der Waals surface area contributed by atoms with Crippen LogP contribution in [0.5, 0.6) is 0 Å². The summed E-state index contributed by atoms with van der Waals surface area (Å²) in [5, 5.41) is 0. The van der Waals surface area contributed by atoms with E-state index in [1.54, 1.807) is 7.11 Å². The number of carbonyl (C=O) groups excluding carboxylic acids is 1. The first-order valence-electron chi connectivity index (χ1n) is 7.29. The Bertz CT molecular complexity index is 624. The van der Waals surface area contributed by atoms with E-state index in [-0.39, 0.29) is 12.1 Å². The van der Waals surface area contributed by atoms with Crippen molar-refractivity contribution in [3.05, 3.63) is 60.2 Å². The second kappa shape index (κ2) is 6.10. The zero-order chi connectivity index (χ0) is 14.7. The summed E-state index contributed by atoms with van der Waals surface area (Å²) in [6, 6.07) is 17.8. The summed E-state index contributed by atoms with van der Waals surface area (Å²) < 4.78 is 5.42. The van der Waals surface area contributed by atoms with Crippen molar-refractivity contribution in [3.8, 4) is 11.1 Å². The number of amides is 1. The van der Waals surface area contributed by atoms with E-state index in [9.17, 15) is 4.79 Å². The van der Waals surface area contributed by atoms with Gasteiger partial charge < -0.3 is 9.64 Å². The molecule has 0 saturated carbocycles. The first-order chi connectivity index (χ1) is 10.3. The van der Waals surface area contributed by atoms with Crippen molar-refractivity contribution in [1.29, 1.82) is 0 Å². The van der Waals surface area contributed by atoms with Crippen molar-refractivity contribution >= 4 is 5.91 Å². The van der Waals surface area contributed by atoms with Crippen LogP contribution >= 0.6 is 0 Å². The molecule has 1 amide bonds. The number of benzene rings is 2. The molecule has 21 heavy (non-hydrogen) atoms. The molecule has 0 aromatic heterocycles. The average Bonchev–Trinajstić information content (AvgIpc) is 3.03. The molecule has 3 nitrogen and oxygen atoms in total. The Labute approximate surface area is 125 Å². The number of hydrogen-bond donors (Lipinski definition) is 0. The molecule has 3 heteroatoms. The van der Waals surface area contributed by atoms with Gasteiger partial charge in [-0.2, -0.15) is 0 Å². The highest BCUT2D eigenvalue weighted by molar-refractivity contribution is 6.01. The zero-order valence-corrected chi connectivity index (χ0v) is 12.2. The third-order valence-electron chi connectivity index (χ3n) is 3.97. The maximum absolute atomic E-state index is 12.9. The van der Waals surface area contributed by atoms with E-state index >= 15 is 0 Å². The molecule has 1 unspecified atom stereocenters. The van der Waals surface area contributed by atoms with Crippen molar-refractivity contribution in [2.24, 2.45) is 0 Å². The van der Waals surface area contributed by atoms with Crippen LogP contribution in [0, 0.1) is 0 Å². The topological polar surface area (TPSA) is 29.5 Å². The SMILES string of the molecule is COC1CCCN1C(=O)c1ccccc1-c1ccccc1. The number of nitrogens with zero attached hydrogens (tertiary/aromatic N) is 1. The largest absolute Gasteiger partial charge is 0.362 e. The lowest BCUT2D eigenvalue weighted by Gasteiger charge is -2.24. The second-order valence-corrected chi connectivity index (χ2v) is 5.24. The molecule has 1 aliphatic rings. The van der Waals surface area contributed by atoms with E-state index in [0.717, 1.165) is 36.1 Å².